The summed E-state index contributed by atoms with van der Waals surface area (Å²) in [5, 5.41) is 3.28. The molecule has 0 aliphatic carbocycles. The summed E-state index contributed by atoms with van der Waals surface area (Å²) in [6, 6.07) is 15.1. The first-order valence-corrected chi connectivity index (χ1v) is 7.01. The molecule has 0 fully saturated rings. The number of hydrogen-bond acceptors (Lipinski definition) is 2. The van der Waals surface area contributed by atoms with Gasteiger partial charge in [0, 0.05) is 18.7 Å². The first-order valence-electron chi connectivity index (χ1n) is 7.01. The van der Waals surface area contributed by atoms with Crippen LogP contribution in [0.1, 0.15) is 23.6 Å². The summed E-state index contributed by atoms with van der Waals surface area (Å²) >= 11 is 0. The third-order valence-electron chi connectivity index (χ3n) is 3.32. The molecule has 4 heteroatoms. The highest BCUT2D eigenvalue weighted by Crippen LogP contribution is 2.20. The summed E-state index contributed by atoms with van der Waals surface area (Å²) in [7, 11) is 0. The van der Waals surface area contributed by atoms with Crippen molar-refractivity contribution in [3.05, 3.63) is 65.2 Å². The van der Waals surface area contributed by atoms with Gasteiger partial charge in [-0.2, -0.15) is 8.78 Å². The monoisotopic (exact) mass is 291 g/mol. The number of halogens is 2. The standard InChI is InChI=1S/C17H19F2NO/c1-2-13-7-3-4-8-14(13)11-20-12-15-9-5-6-10-16(15)21-17(18)19/h3-10,17,20H,2,11-12H2,1H3. The van der Waals surface area contributed by atoms with E-state index < -0.39 is 6.61 Å². The van der Waals surface area contributed by atoms with Crippen molar-refractivity contribution < 1.29 is 13.5 Å². The van der Waals surface area contributed by atoms with Crippen molar-refractivity contribution in [3.63, 3.8) is 0 Å². The molecule has 0 bridgehead atoms. The second-order valence-electron chi connectivity index (χ2n) is 4.71. The van der Waals surface area contributed by atoms with E-state index in [-0.39, 0.29) is 5.75 Å². The van der Waals surface area contributed by atoms with Gasteiger partial charge in [0.2, 0.25) is 0 Å². The molecule has 112 valence electrons. The molecule has 0 spiro atoms. The predicted octanol–water partition coefficient (Wildman–Crippen LogP) is 4.14. The average molecular weight is 291 g/mol. The van der Waals surface area contributed by atoms with E-state index in [4.69, 9.17) is 0 Å². The molecule has 1 N–H and O–H groups in total. The van der Waals surface area contributed by atoms with Crippen molar-refractivity contribution in [1.29, 1.82) is 0 Å². The Kier molecular flexibility index (Phi) is 5.69. The van der Waals surface area contributed by atoms with E-state index >= 15 is 0 Å². The Labute approximate surface area is 123 Å². The topological polar surface area (TPSA) is 21.3 Å². The summed E-state index contributed by atoms with van der Waals surface area (Å²) in [4.78, 5) is 0. The predicted molar refractivity (Wildman–Crippen MR) is 79.4 cm³/mol. The van der Waals surface area contributed by atoms with Gasteiger partial charge in [-0.05, 0) is 23.6 Å². The van der Waals surface area contributed by atoms with Gasteiger partial charge in [-0.15, -0.1) is 0 Å². The van der Waals surface area contributed by atoms with E-state index in [1.807, 2.05) is 18.2 Å². The summed E-state index contributed by atoms with van der Waals surface area (Å²) in [5.74, 6) is 0.226. The number of para-hydroxylation sites is 1. The quantitative estimate of drug-likeness (QED) is 0.828. The zero-order chi connectivity index (χ0) is 15.1. The van der Waals surface area contributed by atoms with Gasteiger partial charge in [-0.25, -0.2) is 0 Å². The second kappa shape index (κ2) is 7.74. The van der Waals surface area contributed by atoms with Crippen LogP contribution in [-0.4, -0.2) is 6.61 Å². The molecular formula is C17H19F2NO. The Balaban J connectivity index is 1.97. The molecule has 0 aliphatic heterocycles. The number of nitrogens with one attached hydrogen (secondary N) is 1. The zero-order valence-electron chi connectivity index (χ0n) is 12.0. The Morgan fingerprint density at radius 2 is 1.48 bits per heavy atom. The number of rotatable bonds is 7. The molecule has 0 atom stereocenters. The molecule has 0 aromatic heterocycles. The molecule has 2 aromatic rings. The first-order chi connectivity index (χ1) is 10.2. The van der Waals surface area contributed by atoms with E-state index in [9.17, 15) is 8.78 Å². The van der Waals surface area contributed by atoms with Crippen LogP contribution in [0.15, 0.2) is 48.5 Å². The van der Waals surface area contributed by atoms with Crippen LogP contribution in [0.5, 0.6) is 5.75 Å². The van der Waals surface area contributed by atoms with Gasteiger partial charge in [-0.3, -0.25) is 0 Å². The lowest BCUT2D eigenvalue weighted by Crippen LogP contribution is -2.15. The average Bonchev–Trinajstić information content (AvgIpc) is 2.49. The molecule has 0 unspecified atom stereocenters. The fourth-order valence-electron chi connectivity index (χ4n) is 2.27. The second-order valence-corrected chi connectivity index (χ2v) is 4.71. The molecule has 0 amide bonds. The molecule has 21 heavy (non-hydrogen) atoms. The van der Waals surface area contributed by atoms with Gasteiger partial charge in [-0.1, -0.05) is 49.4 Å². The highest BCUT2D eigenvalue weighted by molar-refractivity contribution is 5.33. The summed E-state index contributed by atoms with van der Waals surface area (Å²) in [5.41, 5.74) is 3.25. The number of benzene rings is 2. The fraction of sp³-hybridized carbons (Fsp3) is 0.294. The smallest absolute Gasteiger partial charge is 0.387 e. The summed E-state index contributed by atoms with van der Waals surface area (Å²) in [6.07, 6.45) is 0.975. The van der Waals surface area contributed by atoms with Crippen LogP contribution < -0.4 is 10.1 Å². The first kappa shape index (κ1) is 15.4. The molecule has 0 heterocycles. The number of aryl methyl sites for hydroxylation is 1. The fourth-order valence-corrected chi connectivity index (χ4v) is 2.27. The molecular weight excluding hydrogens is 272 g/mol. The van der Waals surface area contributed by atoms with Crippen LogP contribution in [0.3, 0.4) is 0 Å². The van der Waals surface area contributed by atoms with Gasteiger partial charge < -0.3 is 10.1 Å². The van der Waals surface area contributed by atoms with Crippen molar-refractivity contribution in [3.8, 4) is 5.75 Å². The van der Waals surface area contributed by atoms with Gasteiger partial charge in [0.05, 0.1) is 0 Å². The van der Waals surface area contributed by atoms with Crippen molar-refractivity contribution in [1.82, 2.24) is 5.32 Å². The Bertz CT molecular complexity index is 572. The number of hydrogen-bond donors (Lipinski definition) is 1. The molecule has 2 rings (SSSR count). The van der Waals surface area contributed by atoms with Crippen LogP contribution in [0.4, 0.5) is 8.78 Å². The summed E-state index contributed by atoms with van der Waals surface area (Å²) < 4.78 is 29.2. The van der Waals surface area contributed by atoms with Crippen LogP contribution in [0, 0.1) is 0 Å². The molecule has 0 saturated heterocycles. The normalized spacial score (nSPS) is 10.9. The van der Waals surface area contributed by atoms with Gasteiger partial charge >= 0.3 is 6.61 Å². The van der Waals surface area contributed by atoms with Crippen LogP contribution in [-0.2, 0) is 19.5 Å². The van der Waals surface area contributed by atoms with Crippen molar-refractivity contribution >= 4 is 0 Å². The van der Waals surface area contributed by atoms with E-state index in [0.717, 1.165) is 12.0 Å². The Hall–Kier alpha value is -1.94. The third kappa shape index (κ3) is 4.53. The number of ether oxygens (including phenoxy) is 1. The minimum atomic E-state index is -2.80. The van der Waals surface area contributed by atoms with E-state index in [0.29, 0.717) is 13.1 Å². The van der Waals surface area contributed by atoms with Gasteiger partial charge in [0.25, 0.3) is 0 Å². The molecule has 2 nitrogen and oxygen atoms in total. The minimum absolute atomic E-state index is 0.226. The lowest BCUT2D eigenvalue weighted by Gasteiger charge is -2.12. The Morgan fingerprint density at radius 3 is 2.14 bits per heavy atom. The molecule has 0 aliphatic rings. The van der Waals surface area contributed by atoms with Crippen molar-refractivity contribution in [2.45, 2.75) is 33.0 Å². The van der Waals surface area contributed by atoms with Crippen LogP contribution >= 0.6 is 0 Å². The van der Waals surface area contributed by atoms with Gasteiger partial charge in [0.15, 0.2) is 0 Å². The lowest BCUT2D eigenvalue weighted by molar-refractivity contribution is -0.0505. The van der Waals surface area contributed by atoms with E-state index in [2.05, 4.69) is 29.1 Å². The van der Waals surface area contributed by atoms with Crippen LogP contribution in [0.2, 0.25) is 0 Å². The highest BCUT2D eigenvalue weighted by Gasteiger charge is 2.08. The summed E-state index contributed by atoms with van der Waals surface area (Å²) in [6.45, 7) is 0.505. The lowest BCUT2D eigenvalue weighted by atomic mass is 10.1. The maximum absolute atomic E-state index is 12.3. The van der Waals surface area contributed by atoms with E-state index in [1.165, 1.54) is 11.1 Å². The largest absolute Gasteiger partial charge is 0.434 e. The van der Waals surface area contributed by atoms with Crippen molar-refractivity contribution in [2.75, 3.05) is 0 Å². The molecule has 2 aromatic carbocycles. The Morgan fingerprint density at radius 1 is 0.905 bits per heavy atom. The molecule has 0 saturated carbocycles. The minimum Gasteiger partial charge on any atom is -0.434 e. The van der Waals surface area contributed by atoms with Crippen molar-refractivity contribution in [2.24, 2.45) is 0 Å². The SMILES string of the molecule is CCc1ccccc1CNCc1ccccc1OC(F)F. The molecule has 0 radical (unpaired) electrons. The van der Waals surface area contributed by atoms with E-state index in [1.54, 1.807) is 18.2 Å². The number of alkyl halides is 2. The van der Waals surface area contributed by atoms with Crippen LogP contribution in [0.25, 0.3) is 0 Å². The zero-order valence-corrected chi connectivity index (χ0v) is 12.0. The van der Waals surface area contributed by atoms with Gasteiger partial charge in [0.1, 0.15) is 5.75 Å². The maximum atomic E-state index is 12.3. The third-order valence-corrected chi connectivity index (χ3v) is 3.32. The maximum Gasteiger partial charge on any atom is 0.387 e. The highest BCUT2D eigenvalue weighted by atomic mass is 19.3.